The summed E-state index contributed by atoms with van der Waals surface area (Å²) in [7, 11) is 2.95. The van der Waals surface area contributed by atoms with Crippen molar-refractivity contribution in [3.8, 4) is 11.5 Å². The van der Waals surface area contributed by atoms with E-state index in [2.05, 4.69) is 28.8 Å². The smallest absolute Gasteiger partial charge is 0.305 e. The predicted molar refractivity (Wildman–Crippen MR) is 107 cm³/mol. The Labute approximate surface area is 167 Å². The van der Waals surface area contributed by atoms with Crippen LogP contribution in [-0.2, 0) is 9.53 Å². The Morgan fingerprint density at radius 2 is 1.89 bits per heavy atom. The summed E-state index contributed by atoms with van der Waals surface area (Å²) in [5.41, 5.74) is 0.508. The molecule has 2 rings (SSSR count). The summed E-state index contributed by atoms with van der Waals surface area (Å²) in [6.07, 6.45) is 2.83. The molecule has 28 heavy (non-hydrogen) atoms. The van der Waals surface area contributed by atoms with Crippen LogP contribution >= 0.6 is 0 Å². The van der Waals surface area contributed by atoms with E-state index in [1.54, 1.807) is 25.3 Å². The molecule has 1 aromatic rings. The van der Waals surface area contributed by atoms with Crippen molar-refractivity contribution in [3.05, 3.63) is 23.8 Å². The minimum absolute atomic E-state index is 0.113. The van der Waals surface area contributed by atoms with Crippen LogP contribution in [0.15, 0.2) is 18.2 Å². The average molecular weight is 392 g/mol. The molecule has 1 aliphatic rings. The lowest BCUT2D eigenvalue weighted by Gasteiger charge is -2.34. The van der Waals surface area contributed by atoms with Crippen LogP contribution in [-0.4, -0.2) is 62.8 Å². The van der Waals surface area contributed by atoms with Crippen LogP contribution in [0.1, 0.15) is 49.9 Å². The summed E-state index contributed by atoms with van der Waals surface area (Å²) in [6.45, 7) is 6.83. The van der Waals surface area contributed by atoms with Gasteiger partial charge in [0.2, 0.25) is 0 Å². The van der Waals surface area contributed by atoms with Gasteiger partial charge in [-0.05, 0) is 51.3 Å². The molecule has 1 heterocycles. The second-order valence-electron chi connectivity index (χ2n) is 7.25. The minimum atomic E-state index is -0.280. The number of likely N-dealkylation sites (tertiary alicyclic amines) is 1. The number of carbonyl (C=O) groups is 2. The van der Waals surface area contributed by atoms with Gasteiger partial charge in [0.15, 0.2) is 11.5 Å². The third kappa shape index (κ3) is 6.41. The number of amides is 1. The molecule has 0 radical (unpaired) electrons. The van der Waals surface area contributed by atoms with Gasteiger partial charge in [-0.1, -0.05) is 0 Å². The van der Waals surface area contributed by atoms with Gasteiger partial charge in [-0.2, -0.15) is 0 Å². The summed E-state index contributed by atoms with van der Waals surface area (Å²) >= 11 is 0. The topological polar surface area (TPSA) is 77.1 Å². The van der Waals surface area contributed by atoms with E-state index in [0.717, 1.165) is 25.9 Å². The van der Waals surface area contributed by atoms with Crippen LogP contribution in [0.5, 0.6) is 11.5 Å². The van der Waals surface area contributed by atoms with E-state index >= 15 is 0 Å². The van der Waals surface area contributed by atoms with Gasteiger partial charge in [-0.15, -0.1) is 0 Å². The number of benzene rings is 1. The Morgan fingerprint density at radius 3 is 2.50 bits per heavy atom. The molecule has 0 unspecified atom stereocenters. The van der Waals surface area contributed by atoms with Gasteiger partial charge in [0.05, 0.1) is 14.2 Å². The maximum absolute atomic E-state index is 12.4. The van der Waals surface area contributed by atoms with Crippen molar-refractivity contribution in [1.29, 1.82) is 0 Å². The van der Waals surface area contributed by atoms with Gasteiger partial charge in [-0.25, -0.2) is 0 Å². The normalized spacial score (nSPS) is 15.3. The number of ether oxygens (including phenoxy) is 3. The maximum atomic E-state index is 12.4. The van der Waals surface area contributed by atoms with E-state index in [1.165, 1.54) is 7.11 Å². The molecule has 7 heteroatoms. The third-order valence-corrected chi connectivity index (χ3v) is 5.00. The second kappa shape index (κ2) is 10.9. The van der Waals surface area contributed by atoms with Gasteiger partial charge in [0.1, 0.15) is 6.10 Å². The van der Waals surface area contributed by atoms with Crippen LogP contribution < -0.4 is 14.8 Å². The van der Waals surface area contributed by atoms with Crippen molar-refractivity contribution in [3.63, 3.8) is 0 Å². The standard InChI is InChI=1S/C21H32N2O5/c1-15(2)23-12-9-17(10-13-23)28-19-14-16(7-8-18(19)26-3)21(25)22-11-5-6-20(24)27-4/h7-8,14-15,17H,5-6,9-13H2,1-4H3,(H,22,25). The van der Waals surface area contributed by atoms with Gasteiger partial charge < -0.3 is 24.4 Å². The highest BCUT2D eigenvalue weighted by Crippen LogP contribution is 2.31. The number of methoxy groups -OCH3 is 2. The minimum Gasteiger partial charge on any atom is -0.493 e. The largest absolute Gasteiger partial charge is 0.493 e. The summed E-state index contributed by atoms with van der Waals surface area (Å²) in [5, 5.41) is 2.82. The predicted octanol–water partition coefficient (Wildman–Crippen LogP) is 2.63. The van der Waals surface area contributed by atoms with Crippen LogP contribution in [0.2, 0.25) is 0 Å². The van der Waals surface area contributed by atoms with E-state index in [1.807, 2.05) is 0 Å². The van der Waals surface area contributed by atoms with Crippen molar-refractivity contribution in [2.45, 2.75) is 51.7 Å². The Bertz CT molecular complexity index is 654. The first-order valence-electron chi connectivity index (χ1n) is 9.88. The molecule has 0 saturated carbocycles. The molecule has 156 valence electrons. The van der Waals surface area contributed by atoms with Gasteiger partial charge >= 0.3 is 5.97 Å². The monoisotopic (exact) mass is 392 g/mol. The summed E-state index contributed by atoms with van der Waals surface area (Å²) in [6, 6.07) is 5.73. The zero-order valence-electron chi connectivity index (χ0n) is 17.3. The third-order valence-electron chi connectivity index (χ3n) is 5.00. The van der Waals surface area contributed by atoms with Crippen molar-refractivity contribution in [2.75, 3.05) is 33.9 Å². The fraction of sp³-hybridized carbons (Fsp3) is 0.619. The molecule has 7 nitrogen and oxygen atoms in total. The van der Waals surface area contributed by atoms with Crippen LogP contribution in [0.25, 0.3) is 0 Å². The summed E-state index contributed by atoms with van der Waals surface area (Å²) < 4.78 is 16.2. The number of nitrogens with one attached hydrogen (secondary N) is 1. The number of hydrogen-bond acceptors (Lipinski definition) is 6. The molecule has 1 saturated heterocycles. The maximum Gasteiger partial charge on any atom is 0.305 e. The zero-order chi connectivity index (χ0) is 20.5. The van der Waals surface area contributed by atoms with Crippen molar-refractivity contribution in [1.82, 2.24) is 10.2 Å². The number of carbonyl (C=O) groups excluding carboxylic acids is 2. The van der Waals surface area contributed by atoms with Gasteiger partial charge in [0.25, 0.3) is 5.91 Å². The SMILES string of the molecule is COC(=O)CCCNC(=O)c1ccc(OC)c(OC2CCN(C(C)C)CC2)c1. The number of hydrogen-bond donors (Lipinski definition) is 1. The number of piperidine rings is 1. The quantitative estimate of drug-likeness (QED) is 0.514. The van der Waals surface area contributed by atoms with Gasteiger partial charge in [-0.3, -0.25) is 9.59 Å². The molecule has 1 N–H and O–H groups in total. The van der Waals surface area contributed by atoms with Crippen LogP contribution in [0.3, 0.4) is 0 Å². The molecule has 0 aromatic heterocycles. The second-order valence-corrected chi connectivity index (χ2v) is 7.25. The van der Waals surface area contributed by atoms with Gasteiger partial charge in [0, 0.05) is 37.7 Å². The lowest BCUT2D eigenvalue weighted by atomic mass is 10.1. The Kier molecular flexibility index (Phi) is 8.57. The summed E-state index contributed by atoms with van der Waals surface area (Å²) in [4.78, 5) is 26.0. The number of nitrogens with zero attached hydrogens (tertiary/aromatic N) is 1. The fourth-order valence-corrected chi connectivity index (χ4v) is 3.24. The van der Waals surface area contributed by atoms with E-state index in [9.17, 15) is 9.59 Å². The Hall–Kier alpha value is -2.28. The molecule has 1 amide bonds. The number of esters is 1. The van der Waals surface area contributed by atoms with Crippen molar-refractivity contribution < 1.29 is 23.8 Å². The average Bonchev–Trinajstić information content (AvgIpc) is 2.71. The van der Waals surface area contributed by atoms with Crippen LogP contribution in [0, 0.1) is 0 Å². The van der Waals surface area contributed by atoms with E-state index in [-0.39, 0.29) is 24.4 Å². The van der Waals surface area contributed by atoms with E-state index in [0.29, 0.717) is 36.1 Å². The van der Waals surface area contributed by atoms with Crippen molar-refractivity contribution in [2.24, 2.45) is 0 Å². The highest BCUT2D eigenvalue weighted by molar-refractivity contribution is 5.94. The molecule has 1 fully saturated rings. The highest BCUT2D eigenvalue weighted by Gasteiger charge is 2.23. The first kappa shape index (κ1) is 22.0. The molecule has 0 bridgehead atoms. The first-order valence-corrected chi connectivity index (χ1v) is 9.88. The summed E-state index contributed by atoms with van der Waals surface area (Å²) in [5.74, 6) is 0.728. The molecule has 0 atom stereocenters. The van der Waals surface area contributed by atoms with Crippen molar-refractivity contribution >= 4 is 11.9 Å². The Morgan fingerprint density at radius 1 is 1.18 bits per heavy atom. The molecule has 0 aliphatic carbocycles. The van der Waals surface area contributed by atoms with Crippen LogP contribution in [0.4, 0.5) is 0 Å². The Balaban J connectivity index is 1.93. The molecule has 1 aromatic carbocycles. The highest BCUT2D eigenvalue weighted by atomic mass is 16.5. The fourth-order valence-electron chi connectivity index (χ4n) is 3.24. The molecular formula is C21H32N2O5. The number of rotatable bonds is 9. The molecule has 0 spiro atoms. The lowest BCUT2D eigenvalue weighted by Crippen LogP contribution is -2.41. The molecular weight excluding hydrogens is 360 g/mol. The molecule has 1 aliphatic heterocycles. The first-order chi connectivity index (χ1) is 13.4. The van der Waals surface area contributed by atoms with E-state index < -0.39 is 0 Å². The lowest BCUT2D eigenvalue weighted by molar-refractivity contribution is -0.140. The zero-order valence-corrected chi connectivity index (χ0v) is 17.3. The van der Waals surface area contributed by atoms with E-state index in [4.69, 9.17) is 9.47 Å².